The Balaban J connectivity index is 1.41. The van der Waals surface area contributed by atoms with Crippen molar-refractivity contribution in [1.82, 2.24) is 9.88 Å². The van der Waals surface area contributed by atoms with E-state index in [0.29, 0.717) is 18.7 Å². The van der Waals surface area contributed by atoms with Crippen molar-refractivity contribution < 1.29 is 23.9 Å². The Labute approximate surface area is 232 Å². The molecular weight excluding hydrogens is 510 g/mol. The summed E-state index contributed by atoms with van der Waals surface area (Å²) in [5, 5.41) is 12.4. The van der Waals surface area contributed by atoms with Crippen molar-refractivity contribution in [3.05, 3.63) is 99.2 Å². The molecule has 0 spiro atoms. The molecule has 9 heteroatoms. The van der Waals surface area contributed by atoms with Crippen LogP contribution < -0.4 is 9.47 Å². The number of nitro groups is 1. The topological polar surface area (TPSA) is 107 Å². The first kappa shape index (κ1) is 27.4. The maximum atomic E-state index is 12.8. The van der Waals surface area contributed by atoms with Crippen LogP contribution in [0.25, 0.3) is 10.9 Å². The van der Waals surface area contributed by atoms with Crippen molar-refractivity contribution in [2.24, 2.45) is 0 Å². The number of H-pyrrole nitrogens is 1. The molecular formula is C31H33N3O6. The first-order valence-electron chi connectivity index (χ1n) is 13.4. The molecule has 2 heterocycles. The highest BCUT2D eigenvalue weighted by molar-refractivity contribution is 5.91. The van der Waals surface area contributed by atoms with Gasteiger partial charge in [-0.05, 0) is 68.1 Å². The molecule has 40 heavy (non-hydrogen) atoms. The van der Waals surface area contributed by atoms with Crippen LogP contribution in [-0.4, -0.2) is 47.1 Å². The van der Waals surface area contributed by atoms with Gasteiger partial charge < -0.3 is 19.2 Å². The van der Waals surface area contributed by atoms with E-state index in [1.165, 1.54) is 18.2 Å². The number of hydrogen-bond donors (Lipinski definition) is 1. The van der Waals surface area contributed by atoms with Gasteiger partial charge in [-0.15, -0.1) is 0 Å². The average molecular weight is 544 g/mol. The van der Waals surface area contributed by atoms with Crippen LogP contribution in [0.5, 0.6) is 11.5 Å². The van der Waals surface area contributed by atoms with Gasteiger partial charge in [0.2, 0.25) is 5.75 Å². The number of rotatable bonds is 9. The van der Waals surface area contributed by atoms with Gasteiger partial charge in [-0.1, -0.05) is 24.3 Å². The Bertz CT molecular complexity index is 1510. The highest BCUT2D eigenvalue weighted by Gasteiger charge is 2.31. The summed E-state index contributed by atoms with van der Waals surface area (Å²) in [5.74, 6) is 0.138. The molecule has 3 aromatic carbocycles. The summed E-state index contributed by atoms with van der Waals surface area (Å²) < 4.78 is 17.2. The molecule has 4 aromatic rings. The summed E-state index contributed by atoms with van der Waals surface area (Å²) in [6.45, 7) is 6.29. The average Bonchev–Trinajstić information content (AvgIpc) is 3.46. The number of carbonyl (C=O) groups is 1. The number of methoxy groups -OCH3 is 1. The van der Waals surface area contributed by atoms with E-state index in [1.807, 2.05) is 25.3 Å². The molecule has 0 amide bonds. The van der Waals surface area contributed by atoms with Gasteiger partial charge >= 0.3 is 11.7 Å². The highest BCUT2D eigenvalue weighted by Crippen LogP contribution is 2.38. The Morgan fingerprint density at radius 2 is 1.90 bits per heavy atom. The molecule has 208 valence electrons. The van der Waals surface area contributed by atoms with E-state index in [-0.39, 0.29) is 23.6 Å². The fraction of sp³-hybridized carbons (Fsp3) is 0.323. The Morgan fingerprint density at radius 3 is 2.62 bits per heavy atom. The summed E-state index contributed by atoms with van der Waals surface area (Å²) in [7, 11) is 1.71. The molecule has 1 saturated heterocycles. The van der Waals surface area contributed by atoms with Gasteiger partial charge in [0.25, 0.3) is 0 Å². The smallest absolute Gasteiger partial charge is 0.343 e. The van der Waals surface area contributed by atoms with Crippen LogP contribution >= 0.6 is 0 Å². The van der Waals surface area contributed by atoms with E-state index in [0.717, 1.165) is 52.7 Å². The minimum absolute atomic E-state index is 0.0607. The zero-order valence-electron chi connectivity index (χ0n) is 22.9. The van der Waals surface area contributed by atoms with Gasteiger partial charge in [-0.3, -0.25) is 15.0 Å². The van der Waals surface area contributed by atoms with Crippen LogP contribution in [0.15, 0.2) is 66.9 Å². The standard InChI is InChI=1S/C31H33N3O6/c1-4-39-23-14-16-33(19-25-24-13-15-32-30(24)20(2)17-29(25)38-3)27(18-23)21-9-11-22(12-10-21)31(35)40-28-8-6-5-7-26(28)34(36)37/h5-13,15,17,23,27,32H,4,14,16,18-19H2,1-3H3/t23?,27-/m0/s1. The second kappa shape index (κ2) is 11.9. The third-order valence-corrected chi connectivity index (χ3v) is 7.56. The lowest BCUT2D eigenvalue weighted by Gasteiger charge is -2.40. The zero-order chi connectivity index (χ0) is 28.2. The number of hydrogen-bond acceptors (Lipinski definition) is 7. The number of nitro benzene ring substituents is 1. The van der Waals surface area contributed by atoms with Crippen molar-refractivity contribution in [2.45, 2.75) is 45.4 Å². The van der Waals surface area contributed by atoms with Crippen molar-refractivity contribution in [3.8, 4) is 11.5 Å². The van der Waals surface area contributed by atoms with E-state index in [9.17, 15) is 14.9 Å². The van der Waals surface area contributed by atoms with Gasteiger partial charge in [0.15, 0.2) is 0 Å². The number of aromatic amines is 1. The number of piperidine rings is 1. The molecule has 1 aromatic heterocycles. The van der Waals surface area contributed by atoms with E-state index < -0.39 is 10.9 Å². The molecule has 0 saturated carbocycles. The number of nitrogens with one attached hydrogen (secondary N) is 1. The maximum absolute atomic E-state index is 12.8. The van der Waals surface area contributed by atoms with Gasteiger partial charge in [-0.25, -0.2) is 4.79 Å². The molecule has 0 aliphatic carbocycles. The minimum atomic E-state index is -0.646. The molecule has 0 bridgehead atoms. The van der Waals surface area contributed by atoms with Crippen molar-refractivity contribution >= 4 is 22.6 Å². The van der Waals surface area contributed by atoms with Crippen LogP contribution in [-0.2, 0) is 11.3 Å². The maximum Gasteiger partial charge on any atom is 0.343 e. The number of fused-ring (bicyclic) bond motifs is 1. The monoisotopic (exact) mass is 543 g/mol. The van der Waals surface area contributed by atoms with Crippen molar-refractivity contribution in [3.63, 3.8) is 0 Å². The van der Waals surface area contributed by atoms with E-state index in [2.05, 4.69) is 28.9 Å². The van der Waals surface area contributed by atoms with Crippen LogP contribution in [0.1, 0.15) is 52.9 Å². The second-order valence-electron chi connectivity index (χ2n) is 9.96. The van der Waals surface area contributed by atoms with Gasteiger partial charge in [-0.2, -0.15) is 0 Å². The number of likely N-dealkylation sites (tertiary alicyclic amines) is 1. The minimum Gasteiger partial charge on any atom is -0.496 e. The Hall–Kier alpha value is -4.21. The zero-order valence-corrected chi connectivity index (χ0v) is 22.9. The molecule has 2 atom stereocenters. The molecule has 1 aliphatic rings. The number of esters is 1. The third kappa shape index (κ3) is 5.57. The summed E-state index contributed by atoms with van der Waals surface area (Å²) >= 11 is 0. The van der Waals surface area contributed by atoms with E-state index >= 15 is 0 Å². The van der Waals surface area contributed by atoms with Gasteiger partial charge in [0.05, 0.1) is 23.7 Å². The quantitative estimate of drug-likeness (QED) is 0.113. The third-order valence-electron chi connectivity index (χ3n) is 7.56. The van der Waals surface area contributed by atoms with Crippen LogP contribution in [0.2, 0.25) is 0 Å². The lowest BCUT2D eigenvalue weighted by Crippen LogP contribution is -2.39. The predicted molar refractivity (Wildman–Crippen MR) is 152 cm³/mol. The number of aryl methyl sites for hydroxylation is 1. The molecule has 9 nitrogen and oxygen atoms in total. The molecule has 1 unspecified atom stereocenters. The SMILES string of the molecule is CCOC1CCN(Cc2c(OC)cc(C)c3[nH]ccc23)[C@H](c2ccc(C(=O)Oc3ccccc3[N+](=O)[O-])cc2)C1. The fourth-order valence-electron chi connectivity index (χ4n) is 5.58. The normalized spacial score (nSPS) is 17.6. The summed E-state index contributed by atoms with van der Waals surface area (Å²) in [6, 6.07) is 17.4. The lowest BCUT2D eigenvalue weighted by atomic mass is 9.91. The Morgan fingerprint density at radius 1 is 1.12 bits per heavy atom. The van der Waals surface area contributed by atoms with E-state index in [1.54, 1.807) is 25.3 Å². The molecule has 1 fully saturated rings. The lowest BCUT2D eigenvalue weighted by molar-refractivity contribution is -0.385. The molecule has 1 aliphatic heterocycles. The highest BCUT2D eigenvalue weighted by atomic mass is 16.6. The van der Waals surface area contributed by atoms with Crippen molar-refractivity contribution in [1.29, 1.82) is 0 Å². The number of benzene rings is 3. The predicted octanol–water partition coefficient (Wildman–Crippen LogP) is 6.35. The van der Waals surface area contributed by atoms with Gasteiger partial charge in [0.1, 0.15) is 5.75 Å². The summed E-state index contributed by atoms with van der Waals surface area (Å²) in [4.78, 5) is 29.3. The largest absolute Gasteiger partial charge is 0.496 e. The number of nitrogens with zero attached hydrogens (tertiary/aromatic N) is 2. The Kier molecular flexibility index (Phi) is 8.14. The number of aromatic nitrogens is 1. The second-order valence-corrected chi connectivity index (χ2v) is 9.96. The van der Waals surface area contributed by atoms with E-state index in [4.69, 9.17) is 14.2 Å². The summed E-state index contributed by atoms with van der Waals surface area (Å²) in [6.07, 6.45) is 3.84. The van der Waals surface area contributed by atoms with Gasteiger partial charge in [0, 0.05) is 54.5 Å². The fourth-order valence-corrected chi connectivity index (χ4v) is 5.58. The van der Waals surface area contributed by atoms with Crippen LogP contribution in [0.3, 0.4) is 0 Å². The number of para-hydroxylation sites is 2. The summed E-state index contributed by atoms with van der Waals surface area (Å²) in [5.41, 5.74) is 4.50. The van der Waals surface area contributed by atoms with Crippen molar-refractivity contribution in [2.75, 3.05) is 20.3 Å². The number of ether oxygens (including phenoxy) is 3. The van der Waals surface area contributed by atoms with Crippen LogP contribution in [0.4, 0.5) is 5.69 Å². The first-order chi connectivity index (χ1) is 19.4. The molecule has 1 N–H and O–H groups in total. The first-order valence-corrected chi connectivity index (χ1v) is 13.4. The number of carbonyl (C=O) groups excluding carboxylic acids is 1. The van der Waals surface area contributed by atoms with Crippen LogP contribution in [0, 0.1) is 17.0 Å². The molecule has 0 radical (unpaired) electrons. The molecule has 5 rings (SSSR count).